The SMILES string of the molecule is C=C(CC)COc1ccccc1C(=O)N/C=C/c1ccc(C)c(O)c1. The Bertz CT molecular complexity index is 793. The van der Waals surface area contributed by atoms with Gasteiger partial charge in [0.05, 0.1) is 5.56 Å². The average Bonchev–Trinajstić information content (AvgIpc) is 2.62. The van der Waals surface area contributed by atoms with Crippen LogP contribution in [0.5, 0.6) is 11.5 Å². The zero-order chi connectivity index (χ0) is 18.2. The van der Waals surface area contributed by atoms with Crippen LogP contribution in [0.3, 0.4) is 0 Å². The number of ether oxygens (including phenoxy) is 1. The van der Waals surface area contributed by atoms with Crippen LogP contribution >= 0.6 is 0 Å². The second-order valence-corrected chi connectivity index (χ2v) is 5.74. The lowest BCUT2D eigenvalue weighted by molar-refractivity contribution is 0.0966. The van der Waals surface area contributed by atoms with Gasteiger partial charge in [-0.05, 0) is 54.3 Å². The Morgan fingerprint density at radius 3 is 2.76 bits per heavy atom. The van der Waals surface area contributed by atoms with E-state index in [1.807, 2.05) is 32.0 Å². The van der Waals surface area contributed by atoms with E-state index in [0.29, 0.717) is 17.9 Å². The summed E-state index contributed by atoms with van der Waals surface area (Å²) < 4.78 is 5.69. The van der Waals surface area contributed by atoms with E-state index in [0.717, 1.165) is 23.1 Å². The molecule has 0 saturated heterocycles. The molecule has 1 amide bonds. The van der Waals surface area contributed by atoms with Crippen molar-refractivity contribution < 1.29 is 14.6 Å². The lowest BCUT2D eigenvalue weighted by Gasteiger charge is -2.11. The van der Waals surface area contributed by atoms with Gasteiger partial charge in [-0.25, -0.2) is 0 Å². The Balaban J connectivity index is 2.04. The first-order valence-corrected chi connectivity index (χ1v) is 8.16. The molecule has 0 atom stereocenters. The lowest BCUT2D eigenvalue weighted by Crippen LogP contribution is -2.18. The summed E-state index contributed by atoms with van der Waals surface area (Å²) in [5.41, 5.74) is 3.03. The largest absolute Gasteiger partial charge is 0.508 e. The number of rotatable bonds is 7. The van der Waals surface area contributed by atoms with Crippen molar-refractivity contribution in [3.63, 3.8) is 0 Å². The minimum Gasteiger partial charge on any atom is -0.508 e. The van der Waals surface area contributed by atoms with Gasteiger partial charge in [-0.2, -0.15) is 0 Å². The molecule has 0 aromatic heterocycles. The number of carbonyl (C=O) groups is 1. The maximum atomic E-state index is 12.4. The first-order chi connectivity index (χ1) is 12.0. The summed E-state index contributed by atoms with van der Waals surface area (Å²) >= 11 is 0. The first-order valence-electron chi connectivity index (χ1n) is 8.16. The van der Waals surface area contributed by atoms with E-state index in [1.54, 1.807) is 36.5 Å². The van der Waals surface area contributed by atoms with Crippen LogP contribution in [0.2, 0.25) is 0 Å². The van der Waals surface area contributed by atoms with E-state index in [-0.39, 0.29) is 11.7 Å². The molecule has 0 aliphatic heterocycles. The third-order valence-corrected chi connectivity index (χ3v) is 3.79. The van der Waals surface area contributed by atoms with Crippen molar-refractivity contribution in [3.05, 3.63) is 77.5 Å². The van der Waals surface area contributed by atoms with E-state index in [9.17, 15) is 9.90 Å². The van der Waals surface area contributed by atoms with Gasteiger partial charge in [-0.15, -0.1) is 0 Å². The third-order valence-electron chi connectivity index (χ3n) is 3.79. The Labute approximate surface area is 148 Å². The Hall–Kier alpha value is -3.01. The quantitative estimate of drug-likeness (QED) is 0.734. The molecule has 0 aliphatic carbocycles. The molecular formula is C21H23NO3. The van der Waals surface area contributed by atoms with Gasteiger partial charge in [0.2, 0.25) is 0 Å². The molecule has 4 nitrogen and oxygen atoms in total. The normalized spacial score (nSPS) is 10.6. The van der Waals surface area contributed by atoms with Gasteiger partial charge in [-0.1, -0.05) is 37.8 Å². The number of aromatic hydroxyl groups is 1. The molecule has 0 unspecified atom stereocenters. The number of hydrogen-bond acceptors (Lipinski definition) is 3. The topological polar surface area (TPSA) is 58.6 Å². The van der Waals surface area contributed by atoms with Gasteiger partial charge in [0.1, 0.15) is 18.1 Å². The number of nitrogens with one attached hydrogen (secondary N) is 1. The van der Waals surface area contributed by atoms with Crippen LogP contribution in [0.25, 0.3) is 6.08 Å². The van der Waals surface area contributed by atoms with Crippen molar-refractivity contribution >= 4 is 12.0 Å². The van der Waals surface area contributed by atoms with Crippen molar-refractivity contribution in [1.29, 1.82) is 0 Å². The number of phenolic OH excluding ortho intramolecular Hbond substituents is 1. The van der Waals surface area contributed by atoms with Gasteiger partial charge in [0, 0.05) is 6.20 Å². The first kappa shape index (κ1) is 18.3. The molecule has 2 rings (SSSR count). The molecule has 2 aromatic rings. The molecule has 0 saturated carbocycles. The third kappa shape index (κ3) is 5.24. The minimum atomic E-state index is -0.259. The van der Waals surface area contributed by atoms with Gasteiger partial charge >= 0.3 is 0 Å². The highest BCUT2D eigenvalue weighted by Gasteiger charge is 2.10. The van der Waals surface area contributed by atoms with Crippen LogP contribution < -0.4 is 10.1 Å². The predicted octanol–water partition coefficient (Wildman–Crippen LogP) is 4.45. The summed E-state index contributed by atoms with van der Waals surface area (Å²) in [7, 11) is 0. The average molecular weight is 337 g/mol. The number of aryl methyl sites for hydroxylation is 1. The van der Waals surface area contributed by atoms with Crippen molar-refractivity contribution in [2.75, 3.05) is 6.61 Å². The molecule has 0 radical (unpaired) electrons. The summed E-state index contributed by atoms with van der Waals surface area (Å²) in [6.45, 7) is 8.13. The predicted molar refractivity (Wildman–Crippen MR) is 101 cm³/mol. The molecule has 4 heteroatoms. The molecule has 0 aliphatic rings. The van der Waals surface area contributed by atoms with Gasteiger partial charge in [0.15, 0.2) is 0 Å². The smallest absolute Gasteiger partial charge is 0.258 e. The number of carbonyl (C=O) groups excluding carboxylic acids is 1. The Morgan fingerprint density at radius 2 is 2.04 bits per heavy atom. The minimum absolute atomic E-state index is 0.225. The van der Waals surface area contributed by atoms with Gasteiger partial charge < -0.3 is 15.2 Å². The molecule has 2 N–H and O–H groups in total. The fourth-order valence-corrected chi connectivity index (χ4v) is 2.08. The molecule has 0 spiro atoms. The van der Waals surface area contributed by atoms with Gasteiger partial charge in [-0.3, -0.25) is 4.79 Å². The fraction of sp³-hybridized carbons (Fsp3) is 0.190. The molecule has 0 bridgehead atoms. The zero-order valence-corrected chi connectivity index (χ0v) is 14.6. The number of phenols is 1. The molecule has 130 valence electrons. The van der Waals surface area contributed by atoms with E-state index < -0.39 is 0 Å². The highest BCUT2D eigenvalue weighted by molar-refractivity contribution is 5.97. The number of hydrogen-bond donors (Lipinski definition) is 2. The fourth-order valence-electron chi connectivity index (χ4n) is 2.08. The maximum Gasteiger partial charge on any atom is 0.258 e. The molecule has 0 fully saturated rings. The summed E-state index contributed by atoms with van der Waals surface area (Å²) in [5.74, 6) is 0.490. The number of benzene rings is 2. The molecule has 0 heterocycles. The van der Waals surface area contributed by atoms with Crippen LogP contribution in [0.1, 0.15) is 34.8 Å². The summed E-state index contributed by atoms with van der Waals surface area (Å²) in [6, 6.07) is 12.4. The number of amides is 1. The van der Waals surface area contributed by atoms with Crippen LogP contribution in [0.4, 0.5) is 0 Å². The maximum absolute atomic E-state index is 12.4. The van der Waals surface area contributed by atoms with Crippen LogP contribution in [0.15, 0.2) is 60.8 Å². The van der Waals surface area contributed by atoms with Crippen molar-refractivity contribution in [2.24, 2.45) is 0 Å². The van der Waals surface area contributed by atoms with Gasteiger partial charge in [0.25, 0.3) is 5.91 Å². The highest BCUT2D eigenvalue weighted by atomic mass is 16.5. The standard InChI is InChI=1S/C21H23NO3/c1-4-15(2)14-25-20-8-6-5-7-18(20)21(24)22-12-11-17-10-9-16(3)19(23)13-17/h5-13,23H,2,4,14H2,1,3H3,(H,22,24)/b12-11+. The van der Waals surface area contributed by atoms with Crippen LogP contribution in [-0.4, -0.2) is 17.6 Å². The monoisotopic (exact) mass is 337 g/mol. The Kier molecular flexibility index (Phi) is 6.40. The summed E-state index contributed by atoms with van der Waals surface area (Å²) in [6.07, 6.45) is 4.11. The molecule has 25 heavy (non-hydrogen) atoms. The number of para-hydroxylation sites is 1. The van der Waals surface area contributed by atoms with E-state index >= 15 is 0 Å². The second-order valence-electron chi connectivity index (χ2n) is 5.74. The second kappa shape index (κ2) is 8.73. The zero-order valence-electron chi connectivity index (χ0n) is 14.6. The van der Waals surface area contributed by atoms with Crippen LogP contribution in [-0.2, 0) is 0 Å². The summed E-state index contributed by atoms with van der Waals surface area (Å²) in [4.78, 5) is 12.4. The van der Waals surface area contributed by atoms with Crippen molar-refractivity contribution in [1.82, 2.24) is 5.32 Å². The highest BCUT2D eigenvalue weighted by Crippen LogP contribution is 2.20. The molecule has 2 aromatic carbocycles. The summed E-state index contributed by atoms with van der Waals surface area (Å²) in [5, 5.41) is 12.4. The Morgan fingerprint density at radius 1 is 1.28 bits per heavy atom. The van der Waals surface area contributed by atoms with E-state index in [4.69, 9.17) is 4.74 Å². The molecular weight excluding hydrogens is 314 g/mol. The lowest BCUT2D eigenvalue weighted by atomic mass is 10.1. The van der Waals surface area contributed by atoms with E-state index in [1.165, 1.54) is 0 Å². The van der Waals surface area contributed by atoms with Crippen molar-refractivity contribution in [3.8, 4) is 11.5 Å². The van der Waals surface area contributed by atoms with Crippen molar-refractivity contribution in [2.45, 2.75) is 20.3 Å². The van der Waals surface area contributed by atoms with Crippen LogP contribution in [0, 0.1) is 6.92 Å². The van der Waals surface area contributed by atoms with E-state index in [2.05, 4.69) is 11.9 Å².